The monoisotopic (exact) mass is 260 g/mol. The number of carbonyl (C=O) groups is 1. The van der Waals surface area contributed by atoms with E-state index in [4.69, 9.17) is 0 Å². The Hall–Kier alpha value is -0.714. The second-order valence-electron chi connectivity index (χ2n) is 3.98. The smallest absolute Gasteiger partial charge is 0.545 e. The number of carboxylic acid groups (broad SMARTS) is 1. The number of aromatic carboxylic acids is 1. The summed E-state index contributed by atoms with van der Waals surface area (Å²) in [6.07, 6.45) is 0. The first-order valence-corrected chi connectivity index (χ1v) is 5.39. The topological polar surface area (TPSA) is 40.1 Å². The molecule has 0 aliphatic carbocycles. The van der Waals surface area contributed by atoms with Crippen LogP contribution in [0.3, 0.4) is 0 Å². The van der Waals surface area contributed by atoms with Crippen molar-refractivity contribution in [2.24, 2.45) is 0 Å². The molecule has 0 bridgehead atoms. The number of carbonyl (C=O) groups excluding carboxylic acids is 1. The fourth-order valence-electron chi connectivity index (χ4n) is 2.23. The van der Waals surface area contributed by atoms with Gasteiger partial charge in [0.2, 0.25) is 0 Å². The Balaban J connectivity index is 0.00000120. The van der Waals surface area contributed by atoms with Gasteiger partial charge in [-0.2, -0.15) is 0 Å². The Bertz CT molecular complexity index is 681. The fraction of sp³-hybridized carbons (Fsp3) is 0. The normalized spacial score (nSPS) is 10.2. The van der Waals surface area contributed by atoms with Crippen LogP contribution in [0.4, 0.5) is 0 Å². The molecule has 0 aromatic heterocycles. The van der Waals surface area contributed by atoms with Crippen LogP contribution in [0.5, 0.6) is 0 Å². The predicted molar refractivity (Wildman–Crippen MR) is 65.8 cm³/mol. The summed E-state index contributed by atoms with van der Waals surface area (Å²) in [5.41, 5.74) is 0.277. The van der Waals surface area contributed by atoms with E-state index in [2.05, 4.69) is 0 Å². The van der Waals surface area contributed by atoms with Crippen LogP contribution in [0, 0.1) is 0 Å². The van der Waals surface area contributed by atoms with E-state index in [1.807, 2.05) is 54.6 Å². The molecule has 0 radical (unpaired) electrons. The van der Waals surface area contributed by atoms with E-state index < -0.39 is 5.97 Å². The van der Waals surface area contributed by atoms with Crippen LogP contribution in [0.2, 0.25) is 0 Å². The van der Waals surface area contributed by atoms with Gasteiger partial charge in [0.05, 0.1) is 5.97 Å². The van der Waals surface area contributed by atoms with Crippen molar-refractivity contribution in [3.8, 4) is 0 Å². The van der Waals surface area contributed by atoms with Crippen LogP contribution in [0.25, 0.3) is 21.5 Å². The third-order valence-electron chi connectivity index (χ3n) is 2.98. The van der Waals surface area contributed by atoms with Crippen molar-refractivity contribution in [3.63, 3.8) is 0 Å². The number of benzene rings is 3. The second kappa shape index (κ2) is 5.51. The van der Waals surface area contributed by atoms with Gasteiger partial charge in [0.1, 0.15) is 0 Å². The minimum Gasteiger partial charge on any atom is -0.545 e. The van der Waals surface area contributed by atoms with Crippen LogP contribution in [0.15, 0.2) is 54.6 Å². The molecule has 0 amide bonds. The average Bonchev–Trinajstić information content (AvgIpc) is 2.35. The molecule has 0 saturated carbocycles. The Morgan fingerprint density at radius 2 is 1.28 bits per heavy atom. The average molecular weight is 260 g/mol. The number of hydrogen-bond donors (Lipinski definition) is 0. The molecular formula is C15H9KO2. The molecule has 0 spiro atoms. The molecule has 3 rings (SSSR count). The van der Waals surface area contributed by atoms with Gasteiger partial charge in [-0.25, -0.2) is 0 Å². The molecule has 18 heavy (non-hydrogen) atoms. The van der Waals surface area contributed by atoms with E-state index in [0.717, 1.165) is 21.5 Å². The van der Waals surface area contributed by atoms with E-state index in [1.165, 1.54) is 0 Å². The zero-order valence-corrected chi connectivity index (χ0v) is 13.1. The third-order valence-corrected chi connectivity index (χ3v) is 2.98. The van der Waals surface area contributed by atoms with Crippen molar-refractivity contribution in [2.75, 3.05) is 0 Å². The first kappa shape index (κ1) is 13.7. The molecule has 0 N–H and O–H groups in total. The maximum atomic E-state index is 11.3. The van der Waals surface area contributed by atoms with E-state index in [1.54, 1.807) is 0 Å². The molecule has 0 heterocycles. The molecule has 3 aromatic rings. The summed E-state index contributed by atoms with van der Waals surface area (Å²) in [5.74, 6) is -1.13. The van der Waals surface area contributed by atoms with Crippen molar-refractivity contribution in [1.29, 1.82) is 0 Å². The summed E-state index contributed by atoms with van der Waals surface area (Å²) < 4.78 is 0. The summed E-state index contributed by atoms with van der Waals surface area (Å²) in [6.45, 7) is 0. The van der Waals surface area contributed by atoms with Crippen LogP contribution in [-0.4, -0.2) is 5.97 Å². The van der Waals surface area contributed by atoms with Gasteiger partial charge in [0.25, 0.3) is 0 Å². The van der Waals surface area contributed by atoms with E-state index >= 15 is 0 Å². The molecule has 2 nitrogen and oxygen atoms in total. The Labute approximate surface area is 147 Å². The largest absolute Gasteiger partial charge is 1.00 e. The van der Waals surface area contributed by atoms with Gasteiger partial charge in [-0.1, -0.05) is 48.5 Å². The second-order valence-corrected chi connectivity index (χ2v) is 3.98. The summed E-state index contributed by atoms with van der Waals surface area (Å²) >= 11 is 0. The zero-order valence-electron chi connectivity index (χ0n) is 10.0. The fourth-order valence-corrected chi connectivity index (χ4v) is 2.23. The van der Waals surface area contributed by atoms with Crippen LogP contribution >= 0.6 is 0 Å². The van der Waals surface area contributed by atoms with Crippen LogP contribution in [0.1, 0.15) is 10.4 Å². The summed E-state index contributed by atoms with van der Waals surface area (Å²) in [7, 11) is 0. The molecule has 0 atom stereocenters. The predicted octanol–water partition coefficient (Wildman–Crippen LogP) is -0.639. The van der Waals surface area contributed by atoms with Crippen LogP contribution < -0.4 is 56.5 Å². The van der Waals surface area contributed by atoms with Gasteiger partial charge >= 0.3 is 51.4 Å². The SMILES string of the molecule is O=C([O-])c1c2ccccc2cc2ccccc12.[K+]. The summed E-state index contributed by atoms with van der Waals surface area (Å²) in [6, 6.07) is 16.9. The maximum absolute atomic E-state index is 11.3. The zero-order chi connectivity index (χ0) is 11.8. The minimum atomic E-state index is -1.13. The number of carboxylic acids is 1. The van der Waals surface area contributed by atoms with Crippen molar-refractivity contribution < 1.29 is 61.3 Å². The Morgan fingerprint density at radius 3 is 1.72 bits per heavy atom. The summed E-state index contributed by atoms with van der Waals surface area (Å²) in [5, 5.41) is 14.6. The Morgan fingerprint density at radius 1 is 0.833 bits per heavy atom. The molecule has 0 unspecified atom stereocenters. The van der Waals surface area contributed by atoms with Gasteiger partial charge in [-0.05, 0) is 27.6 Å². The van der Waals surface area contributed by atoms with E-state index in [9.17, 15) is 9.90 Å². The van der Waals surface area contributed by atoms with Gasteiger partial charge in [-0.15, -0.1) is 0 Å². The number of rotatable bonds is 1. The van der Waals surface area contributed by atoms with Crippen molar-refractivity contribution in [3.05, 3.63) is 60.2 Å². The van der Waals surface area contributed by atoms with Crippen molar-refractivity contribution in [2.45, 2.75) is 0 Å². The molecule has 3 aromatic carbocycles. The first-order valence-electron chi connectivity index (χ1n) is 5.39. The minimum absolute atomic E-state index is 0. The third kappa shape index (κ3) is 2.24. The molecule has 0 aliphatic heterocycles. The van der Waals surface area contributed by atoms with E-state index in [-0.39, 0.29) is 56.9 Å². The maximum Gasteiger partial charge on any atom is 1.00 e. The van der Waals surface area contributed by atoms with Gasteiger partial charge < -0.3 is 9.90 Å². The number of fused-ring (bicyclic) bond motifs is 2. The quantitative estimate of drug-likeness (QED) is 0.431. The standard InChI is InChI=1S/C15H10O2.K/c16-15(17)14-12-7-3-1-5-10(12)9-11-6-2-4-8-13(11)14;/h1-9H,(H,16,17);/q;+1/p-1. The van der Waals surface area contributed by atoms with Gasteiger partial charge in [-0.3, -0.25) is 0 Å². The summed E-state index contributed by atoms with van der Waals surface area (Å²) in [4.78, 5) is 11.3. The first-order chi connectivity index (χ1) is 8.27. The van der Waals surface area contributed by atoms with Gasteiger partial charge in [0, 0.05) is 5.56 Å². The molecule has 0 fully saturated rings. The van der Waals surface area contributed by atoms with Crippen molar-refractivity contribution >= 4 is 27.5 Å². The molecule has 82 valence electrons. The van der Waals surface area contributed by atoms with Gasteiger partial charge in [0.15, 0.2) is 0 Å². The molecule has 0 aliphatic rings. The molecular weight excluding hydrogens is 251 g/mol. The van der Waals surface area contributed by atoms with Crippen molar-refractivity contribution in [1.82, 2.24) is 0 Å². The Kier molecular flexibility index (Phi) is 4.20. The number of hydrogen-bond acceptors (Lipinski definition) is 2. The molecule has 0 saturated heterocycles. The van der Waals surface area contributed by atoms with E-state index in [0.29, 0.717) is 0 Å². The molecule has 3 heteroatoms. The van der Waals surface area contributed by atoms with Crippen LogP contribution in [-0.2, 0) is 0 Å².